The number of halogens is 2. The summed E-state index contributed by atoms with van der Waals surface area (Å²) < 4.78 is 45.3. The summed E-state index contributed by atoms with van der Waals surface area (Å²) in [5, 5.41) is 5.49. The van der Waals surface area contributed by atoms with Crippen LogP contribution in [0.15, 0.2) is 60.9 Å². The van der Waals surface area contributed by atoms with Crippen molar-refractivity contribution in [2.45, 2.75) is 19.3 Å². The van der Waals surface area contributed by atoms with E-state index in [9.17, 15) is 13.6 Å². The van der Waals surface area contributed by atoms with Crippen LogP contribution in [0.4, 0.5) is 25.0 Å². The highest BCUT2D eigenvalue weighted by molar-refractivity contribution is 5.99. The molecule has 2 N–H and O–H groups in total. The number of amides is 2. The number of anilines is 2. The average Bonchev–Trinajstić information content (AvgIpc) is 3.47. The van der Waals surface area contributed by atoms with Gasteiger partial charge >= 0.3 is 6.03 Å². The van der Waals surface area contributed by atoms with Crippen LogP contribution >= 0.6 is 0 Å². The third kappa shape index (κ3) is 6.73. The van der Waals surface area contributed by atoms with Crippen LogP contribution in [-0.2, 0) is 0 Å². The Kier molecular flexibility index (Phi) is 8.50. The van der Waals surface area contributed by atoms with E-state index in [4.69, 9.17) is 14.2 Å². The second-order valence-electron chi connectivity index (χ2n) is 9.28. The highest BCUT2D eigenvalue weighted by Crippen LogP contribution is 2.36. The van der Waals surface area contributed by atoms with Gasteiger partial charge < -0.3 is 29.7 Å². The number of carbonyl (C=O) groups is 1. The maximum Gasteiger partial charge on any atom is 0.323 e. The van der Waals surface area contributed by atoms with E-state index in [1.54, 1.807) is 19.2 Å². The van der Waals surface area contributed by atoms with Gasteiger partial charge in [0.25, 0.3) is 0 Å². The molecule has 1 aliphatic rings. The van der Waals surface area contributed by atoms with Gasteiger partial charge in [-0.2, -0.15) is 0 Å². The van der Waals surface area contributed by atoms with Crippen LogP contribution in [0.25, 0.3) is 10.9 Å². The van der Waals surface area contributed by atoms with Gasteiger partial charge in [-0.15, -0.1) is 0 Å². The maximum absolute atomic E-state index is 14.8. The molecule has 0 atom stereocenters. The summed E-state index contributed by atoms with van der Waals surface area (Å²) in [6.07, 6.45) is 4.78. The first kappa shape index (κ1) is 27.1. The van der Waals surface area contributed by atoms with E-state index in [-0.39, 0.29) is 17.3 Å². The smallest absolute Gasteiger partial charge is 0.323 e. The number of hydrogen-bond acceptors (Lipinski definition) is 7. The normalized spacial score (nSPS) is 13.3. The van der Waals surface area contributed by atoms with E-state index in [1.165, 1.54) is 55.6 Å². The summed E-state index contributed by atoms with van der Waals surface area (Å²) in [4.78, 5) is 23.2. The van der Waals surface area contributed by atoms with Crippen molar-refractivity contribution in [3.8, 4) is 23.1 Å². The first-order valence-corrected chi connectivity index (χ1v) is 13.0. The lowest BCUT2D eigenvalue weighted by Gasteiger charge is -2.16. The van der Waals surface area contributed by atoms with Crippen LogP contribution in [0.3, 0.4) is 0 Å². The number of benzene rings is 3. The largest absolute Gasteiger partial charge is 0.493 e. The Bertz CT molecular complexity index is 1480. The van der Waals surface area contributed by atoms with Gasteiger partial charge in [-0.1, -0.05) is 0 Å². The SMILES string of the molecule is COc1cc2c(Oc3ccc(NC(=O)Nc4ccc(F)cc4)c(F)c3)ncnc2cc1OCCCN1CCCC1. The molecule has 5 rings (SSSR count). The Morgan fingerprint density at radius 1 is 0.975 bits per heavy atom. The molecule has 11 heteroatoms. The number of carbonyl (C=O) groups excluding carboxylic acids is 1. The van der Waals surface area contributed by atoms with Crippen LogP contribution in [0.5, 0.6) is 23.1 Å². The molecule has 0 bridgehead atoms. The van der Waals surface area contributed by atoms with Gasteiger partial charge in [-0.05, 0) is 74.8 Å². The lowest BCUT2D eigenvalue weighted by Crippen LogP contribution is -2.21. The first-order valence-electron chi connectivity index (χ1n) is 13.0. The van der Waals surface area contributed by atoms with Gasteiger partial charge in [-0.25, -0.2) is 23.5 Å². The summed E-state index contributed by atoms with van der Waals surface area (Å²) in [5.74, 6) is 0.306. The van der Waals surface area contributed by atoms with E-state index in [0.717, 1.165) is 32.1 Å². The zero-order valence-electron chi connectivity index (χ0n) is 22.0. The molecular formula is C29H29F2N5O4. The summed E-state index contributed by atoms with van der Waals surface area (Å²) in [6, 6.07) is 12.0. The van der Waals surface area contributed by atoms with E-state index in [2.05, 4.69) is 25.5 Å². The van der Waals surface area contributed by atoms with Gasteiger partial charge in [0.1, 0.15) is 23.7 Å². The number of rotatable bonds is 10. The molecule has 0 unspecified atom stereocenters. The molecule has 0 radical (unpaired) electrons. The van der Waals surface area contributed by atoms with Crippen molar-refractivity contribution in [2.75, 3.05) is 44.0 Å². The third-order valence-corrected chi connectivity index (χ3v) is 6.46. The molecule has 1 aromatic heterocycles. The monoisotopic (exact) mass is 549 g/mol. The van der Waals surface area contributed by atoms with Crippen LogP contribution < -0.4 is 24.8 Å². The fourth-order valence-electron chi connectivity index (χ4n) is 4.46. The molecule has 1 fully saturated rings. The molecule has 9 nitrogen and oxygen atoms in total. The molecule has 1 aliphatic heterocycles. The minimum Gasteiger partial charge on any atom is -0.493 e. The van der Waals surface area contributed by atoms with Crippen molar-refractivity contribution in [3.63, 3.8) is 0 Å². The van der Waals surface area contributed by atoms with Crippen LogP contribution in [-0.4, -0.2) is 54.2 Å². The Labute approximate surface area is 230 Å². The summed E-state index contributed by atoms with van der Waals surface area (Å²) in [6.45, 7) is 3.85. The zero-order valence-corrected chi connectivity index (χ0v) is 22.0. The molecule has 40 heavy (non-hydrogen) atoms. The topological polar surface area (TPSA) is 97.8 Å². The van der Waals surface area contributed by atoms with Crippen LogP contribution in [0, 0.1) is 11.6 Å². The number of ether oxygens (including phenoxy) is 3. The number of methoxy groups -OCH3 is 1. The Hall–Kier alpha value is -4.51. The molecule has 0 aliphatic carbocycles. The number of urea groups is 1. The molecule has 2 heterocycles. The van der Waals surface area contributed by atoms with Crippen LogP contribution in [0.2, 0.25) is 0 Å². The Morgan fingerprint density at radius 3 is 2.52 bits per heavy atom. The number of nitrogens with zero attached hydrogens (tertiary/aromatic N) is 3. The quantitative estimate of drug-likeness (QED) is 0.227. The first-order chi connectivity index (χ1) is 19.5. The number of fused-ring (bicyclic) bond motifs is 1. The van der Waals surface area contributed by atoms with Crippen molar-refractivity contribution in [1.29, 1.82) is 0 Å². The predicted molar refractivity (Wildman–Crippen MR) is 147 cm³/mol. The summed E-state index contributed by atoms with van der Waals surface area (Å²) in [5.41, 5.74) is 0.880. The minimum absolute atomic E-state index is 0.0623. The average molecular weight is 550 g/mol. The number of aromatic nitrogens is 2. The van der Waals surface area contributed by atoms with E-state index in [1.807, 2.05) is 0 Å². The number of nitrogens with one attached hydrogen (secondary N) is 2. The number of hydrogen-bond donors (Lipinski definition) is 2. The van der Waals surface area contributed by atoms with Gasteiger partial charge in [0.15, 0.2) is 11.5 Å². The van der Waals surface area contributed by atoms with Crippen molar-refractivity contribution < 1.29 is 27.8 Å². The molecule has 0 saturated carbocycles. The van der Waals surface area contributed by atoms with Gasteiger partial charge in [0, 0.05) is 24.4 Å². The lowest BCUT2D eigenvalue weighted by atomic mass is 10.2. The molecule has 4 aromatic rings. The molecule has 2 amide bonds. The zero-order chi connectivity index (χ0) is 27.9. The minimum atomic E-state index is -0.715. The standard InChI is InChI=1S/C29H29F2N5O4/c1-38-26-16-22-25(17-27(26)39-14-4-13-36-11-2-3-12-36)32-18-33-28(22)40-21-9-10-24(23(31)15-21)35-29(37)34-20-7-5-19(30)6-8-20/h5-10,15-18H,2-4,11-14H2,1H3,(H2,34,35,37). The van der Waals surface area contributed by atoms with Gasteiger partial charge in [0.05, 0.1) is 30.3 Å². The van der Waals surface area contributed by atoms with Crippen molar-refractivity contribution in [2.24, 2.45) is 0 Å². The van der Waals surface area contributed by atoms with E-state index < -0.39 is 17.7 Å². The second-order valence-corrected chi connectivity index (χ2v) is 9.28. The fraction of sp³-hybridized carbons (Fsp3) is 0.276. The third-order valence-electron chi connectivity index (χ3n) is 6.46. The highest BCUT2D eigenvalue weighted by atomic mass is 19.1. The Morgan fingerprint density at radius 2 is 1.77 bits per heavy atom. The lowest BCUT2D eigenvalue weighted by molar-refractivity contribution is 0.254. The number of likely N-dealkylation sites (tertiary alicyclic amines) is 1. The molecule has 3 aromatic carbocycles. The van der Waals surface area contributed by atoms with Crippen LogP contribution in [0.1, 0.15) is 19.3 Å². The summed E-state index contributed by atoms with van der Waals surface area (Å²) in [7, 11) is 1.55. The predicted octanol–water partition coefficient (Wildman–Crippen LogP) is 6.22. The fourth-order valence-corrected chi connectivity index (χ4v) is 4.46. The van der Waals surface area contributed by atoms with Crippen molar-refractivity contribution >= 4 is 28.3 Å². The maximum atomic E-state index is 14.8. The Balaban J connectivity index is 1.25. The van der Waals surface area contributed by atoms with Gasteiger partial charge in [0.2, 0.25) is 5.88 Å². The van der Waals surface area contributed by atoms with E-state index in [0.29, 0.717) is 34.7 Å². The van der Waals surface area contributed by atoms with Gasteiger partial charge in [-0.3, -0.25) is 0 Å². The van der Waals surface area contributed by atoms with E-state index >= 15 is 0 Å². The highest BCUT2D eigenvalue weighted by Gasteiger charge is 2.16. The molecule has 208 valence electrons. The molecular weight excluding hydrogens is 520 g/mol. The van der Waals surface area contributed by atoms with Crippen molar-refractivity contribution in [1.82, 2.24) is 14.9 Å². The summed E-state index contributed by atoms with van der Waals surface area (Å²) >= 11 is 0. The second kappa shape index (κ2) is 12.6. The molecule has 0 spiro atoms. The molecule has 1 saturated heterocycles. The van der Waals surface area contributed by atoms with Crippen molar-refractivity contribution in [3.05, 3.63) is 72.6 Å².